The molecule has 0 spiro atoms. The Labute approximate surface area is 136 Å². The van der Waals surface area contributed by atoms with Gasteiger partial charge in [-0.1, -0.05) is 29.8 Å². The molecule has 102 valence electrons. The van der Waals surface area contributed by atoms with Crippen molar-refractivity contribution in [3.8, 4) is 11.1 Å². The van der Waals surface area contributed by atoms with E-state index in [9.17, 15) is 0 Å². The van der Waals surface area contributed by atoms with E-state index in [1.54, 1.807) is 0 Å². The zero-order valence-electron chi connectivity index (χ0n) is 11.6. The number of halogens is 1. The van der Waals surface area contributed by atoms with Gasteiger partial charge in [-0.05, 0) is 77.0 Å². The largest absolute Gasteiger partial charge is 0.456 e. The molecule has 0 atom stereocenters. The van der Waals surface area contributed by atoms with Crippen molar-refractivity contribution in [2.24, 2.45) is 0 Å². The van der Waals surface area contributed by atoms with Gasteiger partial charge in [0, 0.05) is 14.3 Å². The second kappa shape index (κ2) is 4.88. The van der Waals surface area contributed by atoms with Crippen molar-refractivity contribution < 1.29 is 4.42 Å². The highest BCUT2D eigenvalue weighted by Crippen LogP contribution is 2.33. The van der Waals surface area contributed by atoms with Crippen LogP contribution in [0.5, 0.6) is 0 Å². The monoisotopic (exact) mass is 384 g/mol. The summed E-state index contributed by atoms with van der Waals surface area (Å²) in [5.74, 6) is 0. The first-order valence-corrected chi connectivity index (χ1v) is 7.97. The maximum atomic E-state index is 5.92. The van der Waals surface area contributed by atoms with Crippen molar-refractivity contribution >= 4 is 44.5 Å². The van der Waals surface area contributed by atoms with E-state index in [0.29, 0.717) is 0 Å². The van der Waals surface area contributed by atoms with Gasteiger partial charge in [0.15, 0.2) is 0 Å². The molecule has 0 radical (unpaired) electrons. The molecule has 2 heteroatoms. The molecule has 21 heavy (non-hydrogen) atoms. The third kappa shape index (κ3) is 2.23. The molecule has 0 amide bonds. The lowest BCUT2D eigenvalue weighted by molar-refractivity contribution is 0.669. The molecule has 4 rings (SSSR count). The summed E-state index contributed by atoms with van der Waals surface area (Å²) in [4.78, 5) is 0. The van der Waals surface area contributed by atoms with Crippen LogP contribution >= 0.6 is 22.6 Å². The highest BCUT2D eigenvalue weighted by Gasteiger charge is 2.08. The maximum absolute atomic E-state index is 5.92. The van der Waals surface area contributed by atoms with Gasteiger partial charge in [0.1, 0.15) is 11.2 Å². The minimum Gasteiger partial charge on any atom is -0.456 e. The third-order valence-corrected chi connectivity index (χ3v) is 4.45. The predicted molar refractivity (Wildman–Crippen MR) is 96.6 cm³/mol. The first kappa shape index (κ1) is 12.9. The number of hydrogen-bond acceptors (Lipinski definition) is 1. The number of aryl methyl sites for hydroxylation is 1. The molecule has 0 saturated carbocycles. The summed E-state index contributed by atoms with van der Waals surface area (Å²) >= 11 is 2.35. The number of furan rings is 1. The van der Waals surface area contributed by atoms with E-state index < -0.39 is 0 Å². The summed E-state index contributed by atoms with van der Waals surface area (Å²) in [7, 11) is 0. The lowest BCUT2D eigenvalue weighted by Gasteiger charge is -2.02. The Morgan fingerprint density at radius 1 is 0.762 bits per heavy atom. The van der Waals surface area contributed by atoms with Crippen LogP contribution in [0.2, 0.25) is 0 Å². The molecule has 0 fully saturated rings. The van der Waals surface area contributed by atoms with Crippen LogP contribution in [0.25, 0.3) is 33.1 Å². The zero-order valence-corrected chi connectivity index (χ0v) is 13.7. The number of benzene rings is 3. The molecule has 1 heterocycles. The summed E-state index contributed by atoms with van der Waals surface area (Å²) in [5, 5.41) is 2.38. The fourth-order valence-corrected chi connectivity index (χ4v) is 3.28. The zero-order chi connectivity index (χ0) is 14.4. The third-order valence-electron chi connectivity index (χ3n) is 3.78. The van der Waals surface area contributed by atoms with Gasteiger partial charge in [-0.3, -0.25) is 0 Å². The molecule has 0 N–H and O–H groups in total. The van der Waals surface area contributed by atoms with E-state index in [-0.39, 0.29) is 0 Å². The van der Waals surface area contributed by atoms with Crippen molar-refractivity contribution in [2.45, 2.75) is 6.92 Å². The first-order valence-electron chi connectivity index (χ1n) is 6.89. The van der Waals surface area contributed by atoms with Crippen LogP contribution in [0.15, 0.2) is 65.1 Å². The van der Waals surface area contributed by atoms with Crippen LogP contribution in [-0.4, -0.2) is 0 Å². The first-order chi connectivity index (χ1) is 10.2. The Bertz CT molecular complexity index is 966. The minimum atomic E-state index is 0.949. The minimum absolute atomic E-state index is 0.949. The van der Waals surface area contributed by atoms with Gasteiger partial charge in [0.25, 0.3) is 0 Å². The number of hydrogen-bond donors (Lipinski definition) is 0. The molecule has 0 aliphatic carbocycles. The van der Waals surface area contributed by atoms with Crippen LogP contribution in [-0.2, 0) is 0 Å². The van der Waals surface area contributed by atoms with Crippen molar-refractivity contribution in [1.82, 2.24) is 0 Å². The van der Waals surface area contributed by atoms with Crippen LogP contribution in [0.3, 0.4) is 0 Å². The lowest BCUT2D eigenvalue weighted by atomic mass is 10.0. The summed E-state index contributed by atoms with van der Waals surface area (Å²) in [6, 6.07) is 21.3. The summed E-state index contributed by atoms with van der Waals surface area (Å²) in [6.45, 7) is 2.11. The molecule has 0 saturated heterocycles. The highest BCUT2D eigenvalue weighted by molar-refractivity contribution is 14.1. The normalized spacial score (nSPS) is 11.3. The van der Waals surface area contributed by atoms with Crippen molar-refractivity contribution in [2.75, 3.05) is 0 Å². The SMILES string of the molecule is Cc1ccc2oc3ccc(-c4cccc(I)c4)cc3c2c1. The van der Waals surface area contributed by atoms with Gasteiger partial charge in [-0.25, -0.2) is 0 Å². The number of fused-ring (bicyclic) bond motifs is 3. The summed E-state index contributed by atoms with van der Waals surface area (Å²) in [5.41, 5.74) is 5.63. The Balaban J connectivity index is 2.00. The molecule has 1 aromatic heterocycles. The second-order valence-corrected chi connectivity index (χ2v) is 6.57. The van der Waals surface area contributed by atoms with E-state index >= 15 is 0 Å². The smallest absolute Gasteiger partial charge is 0.135 e. The van der Waals surface area contributed by atoms with E-state index in [1.165, 1.54) is 31.0 Å². The van der Waals surface area contributed by atoms with Crippen molar-refractivity contribution in [3.63, 3.8) is 0 Å². The van der Waals surface area contributed by atoms with Crippen molar-refractivity contribution in [3.05, 3.63) is 69.8 Å². The molecule has 0 aliphatic heterocycles. The van der Waals surface area contributed by atoms with Gasteiger partial charge < -0.3 is 4.42 Å². The van der Waals surface area contributed by atoms with Crippen molar-refractivity contribution in [1.29, 1.82) is 0 Å². The lowest BCUT2D eigenvalue weighted by Crippen LogP contribution is -1.79. The molecule has 3 aromatic carbocycles. The van der Waals surface area contributed by atoms with Crippen LogP contribution in [0.4, 0.5) is 0 Å². The Morgan fingerprint density at radius 2 is 1.48 bits per heavy atom. The Morgan fingerprint density at radius 3 is 2.29 bits per heavy atom. The average molecular weight is 384 g/mol. The topological polar surface area (TPSA) is 13.1 Å². The molecule has 0 unspecified atom stereocenters. The Hall–Kier alpha value is -1.81. The van der Waals surface area contributed by atoms with Gasteiger partial charge in [0.2, 0.25) is 0 Å². The summed E-state index contributed by atoms with van der Waals surface area (Å²) < 4.78 is 7.17. The van der Waals surface area contributed by atoms with E-state index in [2.05, 4.69) is 90.2 Å². The standard InChI is InChI=1S/C19H13IO/c1-12-5-7-18-16(9-12)17-11-14(6-8-19(17)21-18)13-3-2-4-15(20)10-13/h2-11H,1H3. The predicted octanol–water partition coefficient (Wildman–Crippen LogP) is 6.17. The van der Waals surface area contributed by atoms with Crippen LogP contribution in [0.1, 0.15) is 5.56 Å². The van der Waals surface area contributed by atoms with Crippen LogP contribution < -0.4 is 0 Å². The van der Waals surface area contributed by atoms with E-state index in [4.69, 9.17) is 4.42 Å². The number of rotatable bonds is 1. The average Bonchev–Trinajstić information content (AvgIpc) is 2.84. The van der Waals surface area contributed by atoms with Gasteiger partial charge in [-0.2, -0.15) is 0 Å². The molecular formula is C19H13IO. The quantitative estimate of drug-likeness (QED) is 0.358. The molecule has 1 nitrogen and oxygen atoms in total. The summed E-state index contributed by atoms with van der Waals surface area (Å²) in [6.07, 6.45) is 0. The van der Waals surface area contributed by atoms with E-state index in [0.717, 1.165) is 11.2 Å². The highest BCUT2D eigenvalue weighted by atomic mass is 127. The molecule has 0 bridgehead atoms. The van der Waals surface area contributed by atoms with E-state index in [1.807, 2.05) is 0 Å². The molecule has 0 aliphatic rings. The van der Waals surface area contributed by atoms with Gasteiger partial charge in [-0.15, -0.1) is 0 Å². The maximum Gasteiger partial charge on any atom is 0.135 e. The molecule has 4 aromatic rings. The van der Waals surface area contributed by atoms with Gasteiger partial charge in [0.05, 0.1) is 0 Å². The Kier molecular flexibility index (Phi) is 3.00. The fourth-order valence-electron chi connectivity index (χ4n) is 2.74. The fraction of sp³-hybridized carbons (Fsp3) is 0.0526. The molecular weight excluding hydrogens is 371 g/mol. The van der Waals surface area contributed by atoms with Crippen LogP contribution in [0, 0.1) is 10.5 Å². The second-order valence-electron chi connectivity index (χ2n) is 5.32. The van der Waals surface area contributed by atoms with Gasteiger partial charge >= 0.3 is 0 Å².